The Morgan fingerprint density at radius 2 is 2.05 bits per heavy atom. The molecule has 2 unspecified atom stereocenters. The minimum absolute atomic E-state index is 0.139. The zero-order valence-corrected chi connectivity index (χ0v) is 10.9. The molecule has 108 valence electrons. The van der Waals surface area contributed by atoms with Crippen LogP contribution in [0.25, 0.3) is 0 Å². The third-order valence-corrected chi connectivity index (χ3v) is 3.73. The van der Waals surface area contributed by atoms with Crippen LogP contribution in [0.1, 0.15) is 24.4 Å². The fraction of sp³-hybridized carbons (Fsp3) is 0.500. The van der Waals surface area contributed by atoms with Gasteiger partial charge in [0, 0.05) is 24.6 Å². The van der Waals surface area contributed by atoms with Gasteiger partial charge in [-0.1, -0.05) is 6.07 Å². The van der Waals surface area contributed by atoms with Gasteiger partial charge in [-0.2, -0.15) is 0 Å². The van der Waals surface area contributed by atoms with E-state index < -0.39 is 17.7 Å². The van der Waals surface area contributed by atoms with Gasteiger partial charge >= 0.3 is 5.97 Å². The zero-order chi connectivity index (χ0) is 14.1. The van der Waals surface area contributed by atoms with Crippen molar-refractivity contribution in [1.82, 2.24) is 5.32 Å². The van der Waals surface area contributed by atoms with Crippen molar-refractivity contribution in [2.24, 2.45) is 5.92 Å². The van der Waals surface area contributed by atoms with E-state index >= 15 is 0 Å². The standard InChI is InChI=1S/C14H16FNO4/c15-10-3-2-9(11-6-8(7-16-11)14(17)18)12-13(10)20-5-1-4-19-12/h2-3,8,11,16H,1,4-7H2,(H,17,18). The third-order valence-electron chi connectivity index (χ3n) is 3.73. The Morgan fingerprint density at radius 3 is 2.75 bits per heavy atom. The number of nitrogens with one attached hydrogen (secondary N) is 1. The van der Waals surface area contributed by atoms with Crippen LogP contribution in [-0.4, -0.2) is 30.8 Å². The van der Waals surface area contributed by atoms with Gasteiger partial charge in [-0.25, -0.2) is 4.39 Å². The van der Waals surface area contributed by atoms with Crippen molar-refractivity contribution in [2.45, 2.75) is 18.9 Å². The van der Waals surface area contributed by atoms with Gasteiger partial charge in [-0.3, -0.25) is 4.79 Å². The summed E-state index contributed by atoms with van der Waals surface area (Å²) in [5, 5.41) is 12.2. The summed E-state index contributed by atoms with van der Waals surface area (Å²) in [6.07, 6.45) is 1.17. The van der Waals surface area contributed by atoms with E-state index in [9.17, 15) is 9.18 Å². The van der Waals surface area contributed by atoms with Crippen molar-refractivity contribution >= 4 is 5.97 Å². The lowest BCUT2D eigenvalue weighted by molar-refractivity contribution is -0.141. The van der Waals surface area contributed by atoms with Crippen molar-refractivity contribution in [3.05, 3.63) is 23.5 Å². The van der Waals surface area contributed by atoms with E-state index in [2.05, 4.69) is 5.32 Å². The molecule has 20 heavy (non-hydrogen) atoms. The summed E-state index contributed by atoms with van der Waals surface area (Å²) in [6.45, 7) is 1.30. The number of hydrogen-bond donors (Lipinski definition) is 2. The molecule has 5 nitrogen and oxygen atoms in total. The summed E-state index contributed by atoms with van der Waals surface area (Å²) >= 11 is 0. The highest BCUT2D eigenvalue weighted by Gasteiger charge is 2.33. The fourth-order valence-electron chi connectivity index (χ4n) is 2.68. The average molecular weight is 281 g/mol. The van der Waals surface area contributed by atoms with Crippen LogP contribution < -0.4 is 14.8 Å². The molecule has 2 atom stereocenters. The Hall–Kier alpha value is -1.82. The van der Waals surface area contributed by atoms with E-state index in [0.29, 0.717) is 38.3 Å². The molecular formula is C14H16FNO4. The summed E-state index contributed by atoms with van der Waals surface area (Å²) < 4.78 is 24.8. The van der Waals surface area contributed by atoms with Crippen LogP contribution in [0.3, 0.4) is 0 Å². The molecule has 0 radical (unpaired) electrons. The highest BCUT2D eigenvalue weighted by atomic mass is 19.1. The van der Waals surface area contributed by atoms with Gasteiger partial charge in [-0.15, -0.1) is 0 Å². The summed E-state index contributed by atoms with van der Waals surface area (Å²) in [5.41, 5.74) is 0.770. The Morgan fingerprint density at radius 1 is 1.30 bits per heavy atom. The van der Waals surface area contributed by atoms with E-state index in [1.165, 1.54) is 6.07 Å². The fourth-order valence-corrected chi connectivity index (χ4v) is 2.68. The second-order valence-electron chi connectivity index (χ2n) is 5.08. The van der Waals surface area contributed by atoms with Crippen LogP contribution in [0.15, 0.2) is 12.1 Å². The van der Waals surface area contributed by atoms with E-state index in [4.69, 9.17) is 14.6 Å². The SMILES string of the molecule is O=C(O)C1CNC(c2ccc(F)c3c2OCCCO3)C1. The lowest BCUT2D eigenvalue weighted by Gasteiger charge is -2.17. The van der Waals surface area contributed by atoms with Crippen molar-refractivity contribution in [3.63, 3.8) is 0 Å². The van der Waals surface area contributed by atoms with Gasteiger partial charge in [0.15, 0.2) is 17.3 Å². The molecule has 1 fully saturated rings. The average Bonchev–Trinajstić information content (AvgIpc) is 2.77. The number of aliphatic carboxylic acids is 1. The predicted octanol–water partition coefficient (Wildman–Crippen LogP) is 1.72. The highest BCUT2D eigenvalue weighted by molar-refractivity contribution is 5.71. The van der Waals surface area contributed by atoms with Gasteiger partial charge < -0.3 is 19.9 Å². The minimum atomic E-state index is -0.814. The molecule has 2 N–H and O–H groups in total. The Labute approximate surface area is 115 Å². The number of ether oxygens (including phenoxy) is 2. The smallest absolute Gasteiger partial charge is 0.307 e. The molecule has 2 heterocycles. The molecule has 1 aromatic rings. The van der Waals surface area contributed by atoms with Crippen molar-refractivity contribution in [2.75, 3.05) is 19.8 Å². The highest BCUT2D eigenvalue weighted by Crippen LogP contribution is 2.41. The Bertz CT molecular complexity index is 534. The maximum Gasteiger partial charge on any atom is 0.307 e. The van der Waals surface area contributed by atoms with Gasteiger partial charge in [0.1, 0.15) is 0 Å². The van der Waals surface area contributed by atoms with E-state index in [0.717, 1.165) is 5.56 Å². The molecule has 0 aliphatic carbocycles. The number of carboxylic acids is 1. The van der Waals surface area contributed by atoms with Gasteiger partial charge in [0.25, 0.3) is 0 Å². The van der Waals surface area contributed by atoms with E-state index in [1.807, 2.05) is 0 Å². The number of halogens is 1. The van der Waals surface area contributed by atoms with Crippen molar-refractivity contribution < 1.29 is 23.8 Å². The molecule has 0 saturated carbocycles. The first kappa shape index (κ1) is 13.2. The maximum absolute atomic E-state index is 13.8. The predicted molar refractivity (Wildman–Crippen MR) is 68.5 cm³/mol. The molecule has 0 spiro atoms. The Balaban J connectivity index is 1.92. The van der Waals surface area contributed by atoms with Crippen LogP contribution in [0, 0.1) is 11.7 Å². The first-order valence-electron chi connectivity index (χ1n) is 6.71. The number of hydrogen-bond acceptors (Lipinski definition) is 4. The summed E-state index contributed by atoms with van der Waals surface area (Å²) in [7, 11) is 0. The molecule has 0 amide bonds. The number of rotatable bonds is 2. The van der Waals surface area contributed by atoms with Crippen LogP contribution in [0.5, 0.6) is 11.5 Å². The summed E-state index contributed by atoms with van der Waals surface area (Å²) in [6, 6.07) is 2.84. The van der Waals surface area contributed by atoms with E-state index in [1.54, 1.807) is 6.07 Å². The number of fused-ring (bicyclic) bond motifs is 1. The second-order valence-corrected chi connectivity index (χ2v) is 5.08. The van der Waals surface area contributed by atoms with Crippen molar-refractivity contribution in [1.29, 1.82) is 0 Å². The molecule has 1 saturated heterocycles. The van der Waals surface area contributed by atoms with Gasteiger partial charge in [-0.05, 0) is 12.5 Å². The quantitative estimate of drug-likeness (QED) is 0.864. The third kappa shape index (κ3) is 2.31. The largest absolute Gasteiger partial charge is 0.489 e. The van der Waals surface area contributed by atoms with Crippen molar-refractivity contribution in [3.8, 4) is 11.5 Å². The molecule has 1 aromatic carbocycles. The first-order chi connectivity index (χ1) is 9.66. The van der Waals surface area contributed by atoms with Gasteiger partial charge in [0.05, 0.1) is 19.1 Å². The topological polar surface area (TPSA) is 67.8 Å². The molecule has 0 bridgehead atoms. The normalized spacial score (nSPS) is 25.2. The van der Waals surface area contributed by atoms with Crippen LogP contribution in [0.2, 0.25) is 0 Å². The molecular weight excluding hydrogens is 265 g/mol. The minimum Gasteiger partial charge on any atom is -0.489 e. The monoisotopic (exact) mass is 281 g/mol. The van der Waals surface area contributed by atoms with E-state index in [-0.39, 0.29) is 11.8 Å². The second kappa shape index (κ2) is 5.28. The molecule has 3 rings (SSSR count). The number of carboxylic acid groups (broad SMARTS) is 1. The Kier molecular flexibility index (Phi) is 3.48. The zero-order valence-electron chi connectivity index (χ0n) is 10.9. The molecule has 2 aliphatic rings. The van der Waals surface area contributed by atoms with Gasteiger partial charge in [0.2, 0.25) is 0 Å². The van der Waals surface area contributed by atoms with Crippen LogP contribution >= 0.6 is 0 Å². The number of carbonyl (C=O) groups is 1. The summed E-state index contributed by atoms with van der Waals surface area (Å²) in [5.74, 6) is -1.14. The van der Waals surface area contributed by atoms with Crippen LogP contribution in [0.4, 0.5) is 4.39 Å². The maximum atomic E-state index is 13.8. The number of benzene rings is 1. The molecule has 2 aliphatic heterocycles. The molecule has 0 aromatic heterocycles. The lowest BCUT2D eigenvalue weighted by Crippen LogP contribution is -2.17. The lowest BCUT2D eigenvalue weighted by atomic mass is 9.99. The summed E-state index contributed by atoms with van der Waals surface area (Å²) in [4.78, 5) is 11.0. The first-order valence-corrected chi connectivity index (χ1v) is 6.71. The van der Waals surface area contributed by atoms with Crippen LogP contribution in [-0.2, 0) is 4.79 Å². The molecule has 6 heteroatoms.